The van der Waals surface area contributed by atoms with Crippen LogP contribution in [-0.2, 0) is 14.9 Å². The van der Waals surface area contributed by atoms with Crippen LogP contribution in [0.3, 0.4) is 0 Å². The van der Waals surface area contributed by atoms with Crippen LogP contribution in [0, 0.1) is 0 Å². The molecule has 0 aromatic carbocycles. The topological polar surface area (TPSA) is 118 Å². The Balaban J connectivity index is 4.82. The van der Waals surface area contributed by atoms with Crippen LogP contribution < -0.4 is 5.73 Å². The normalized spacial score (nSPS) is 16.6. The molecule has 0 aromatic rings. The molecule has 0 aliphatic heterocycles. The Morgan fingerprint density at radius 2 is 1.32 bits per heavy atom. The fraction of sp³-hybridized carbons (Fsp3) is 0.957. The van der Waals surface area contributed by atoms with Crippen LogP contribution in [0.25, 0.3) is 0 Å². The molecule has 0 radical (unpaired) electrons. The maximum atomic E-state index is 12.3. The molecule has 2 atom stereocenters. The first-order valence-corrected chi connectivity index (χ1v) is 13.6. The number of hydrogen-bond acceptors (Lipinski definition) is 4. The lowest BCUT2D eigenvalue weighted by molar-refractivity contribution is -0.975. The molecule has 0 spiro atoms. The molecule has 0 aliphatic rings. The van der Waals surface area contributed by atoms with E-state index in [1.807, 2.05) is 21.0 Å². The van der Waals surface area contributed by atoms with Crippen molar-refractivity contribution in [3.8, 4) is 0 Å². The van der Waals surface area contributed by atoms with E-state index in [9.17, 15) is 18.3 Å². The summed E-state index contributed by atoms with van der Waals surface area (Å²) in [6, 6.07) is 0. The van der Waals surface area contributed by atoms with Crippen LogP contribution in [0.2, 0.25) is 0 Å². The van der Waals surface area contributed by atoms with Gasteiger partial charge in [0.1, 0.15) is 5.54 Å². The van der Waals surface area contributed by atoms with Crippen molar-refractivity contribution in [2.45, 2.75) is 115 Å². The van der Waals surface area contributed by atoms with E-state index in [2.05, 4.69) is 6.92 Å². The number of likely N-dealkylation sites (N-methyl/N-ethyl adjacent to an activating group) is 1. The summed E-state index contributed by atoms with van der Waals surface area (Å²) in [7, 11) is -0.356. The van der Waals surface area contributed by atoms with E-state index >= 15 is 0 Å². The van der Waals surface area contributed by atoms with Gasteiger partial charge in [-0.05, 0) is 19.8 Å². The highest BCUT2D eigenvalue weighted by Gasteiger charge is 2.56. The molecular formula is C23H49N2O5S+. The second-order valence-corrected chi connectivity index (χ2v) is 11.6. The van der Waals surface area contributed by atoms with E-state index < -0.39 is 32.9 Å². The number of rotatable bonds is 19. The third-order valence-electron chi connectivity index (χ3n) is 7.62. The summed E-state index contributed by atoms with van der Waals surface area (Å²) < 4.78 is 31.4. The van der Waals surface area contributed by atoms with Gasteiger partial charge in [-0.25, -0.2) is 4.79 Å². The second kappa shape index (κ2) is 13.8. The van der Waals surface area contributed by atoms with Gasteiger partial charge in [0, 0.05) is 26.3 Å². The quantitative estimate of drug-likeness (QED) is 0.146. The smallest absolute Gasteiger partial charge is 0.365 e. The number of nitrogens with two attached hydrogens (primary N) is 1. The van der Waals surface area contributed by atoms with Gasteiger partial charge in [-0.1, -0.05) is 64.7 Å². The van der Waals surface area contributed by atoms with Crippen LogP contribution >= 0.6 is 0 Å². The van der Waals surface area contributed by atoms with Crippen molar-refractivity contribution in [2.75, 3.05) is 26.4 Å². The monoisotopic (exact) mass is 465 g/mol. The molecule has 0 bridgehead atoms. The van der Waals surface area contributed by atoms with Gasteiger partial charge in [0.2, 0.25) is 0 Å². The molecule has 4 N–H and O–H groups in total. The van der Waals surface area contributed by atoms with Gasteiger partial charge in [-0.15, -0.1) is 0 Å². The highest BCUT2D eigenvalue weighted by atomic mass is 32.2. The fourth-order valence-electron chi connectivity index (χ4n) is 4.42. The van der Waals surface area contributed by atoms with Crippen molar-refractivity contribution >= 4 is 16.1 Å². The van der Waals surface area contributed by atoms with Crippen molar-refractivity contribution in [2.24, 2.45) is 5.73 Å². The van der Waals surface area contributed by atoms with Gasteiger partial charge in [-0.2, -0.15) is 8.42 Å². The summed E-state index contributed by atoms with van der Waals surface area (Å²) >= 11 is 0. The summed E-state index contributed by atoms with van der Waals surface area (Å²) in [5.41, 5.74) is 4.50. The molecule has 0 saturated carbocycles. The van der Waals surface area contributed by atoms with Crippen molar-refractivity contribution in [3.05, 3.63) is 0 Å². The third kappa shape index (κ3) is 9.76. The lowest BCUT2D eigenvalue weighted by Crippen LogP contribution is -2.73. The highest BCUT2D eigenvalue weighted by molar-refractivity contribution is 7.85. The van der Waals surface area contributed by atoms with Gasteiger partial charge in [0.25, 0.3) is 10.1 Å². The number of carboxylic acid groups (broad SMARTS) is 1. The number of aliphatic carboxylic acids is 1. The Morgan fingerprint density at radius 1 is 0.871 bits per heavy atom. The van der Waals surface area contributed by atoms with Gasteiger partial charge in [-0.3, -0.25) is 4.55 Å². The predicted molar refractivity (Wildman–Crippen MR) is 128 cm³/mol. The van der Waals surface area contributed by atoms with Crippen molar-refractivity contribution in [1.82, 2.24) is 0 Å². The zero-order valence-electron chi connectivity index (χ0n) is 20.7. The molecule has 186 valence electrons. The average Bonchev–Trinajstić information content (AvgIpc) is 2.67. The minimum atomic E-state index is -4.12. The largest absolute Gasteiger partial charge is 0.477 e. The van der Waals surface area contributed by atoms with E-state index in [0.29, 0.717) is 6.54 Å². The highest BCUT2D eigenvalue weighted by Crippen LogP contribution is 2.38. The number of quaternary nitrogens is 1. The standard InChI is InChI=1S/C23H48N2O5S/c1-6-7-8-9-10-11-12-13-14-15-17-22(2,20-24)25(4,5)23(3,21(26)27)18-16-19-31(28,29)30/h6-20,24H2,1-5H3,(H-,26,27,28,29,30)/p+1. The number of hydrogen-bond donors (Lipinski definition) is 3. The number of carbonyl (C=O) groups is 1. The van der Waals surface area contributed by atoms with Crippen molar-refractivity contribution < 1.29 is 27.4 Å². The van der Waals surface area contributed by atoms with E-state index in [0.717, 1.165) is 19.3 Å². The van der Waals surface area contributed by atoms with Crippen LogP contribution in [0.15, 0.2) is 0 Å². The molecule has 0 aliphatic carbocycles. The summed E-state index contributed by atoms with van der Waals surface area (Å²) in [6.07, 6.45) is 13.4. The summed E-state index contributed by atoms with van der Waals surface area (Å²) in [4.78, 5) is 12.3. The van der Waals surface area contributed by atoms with E-state index in [4.69, 9.17) is 10.3 Å². The number of carboxylic acids is 1. The van der Waals surface area contributed by atoms with E-state index in [1.165, 1.54) is 51.4 Å². The minimum Gasteiger partial charge on any atom is -0.477 e. The third-order valence-corrected chi connectivity index (χ3v) is 8.42. The zero-order chi connectivity index (χ0) is 24.2. The molecule has 8 heteroatoms. The van der Waals surface area contributed by atoms with Crippen LogP contribution in [0.5, 0.6) is 0 Å². The van der Waals surface area contributed by atoms with E-state index in [-0.39, 0.29) is 17.3 Å². The molecule has 0 saturated heterocycles. The van der Waals surface area contributed by atoms with Gasteiger partial charge >= 0.3 is 5.97 Å². The molecule has 31 heavy (non-hydrogen) atoms. The fourth-order valence-corrected chi connectivity index (χ4v) is 4.93. The second-order valence-electron chi connectivity index (χ2n) is 10.1. The predicted octanol–water partition coefficient (Wildman–Crippen LogP) is 4.60. The van der Waals surface area contributed by atoms with Gasteiger partial charge in [0.15, 0.2) is 5.54 Å². The Hall–Kier alpha value is -0.700. The van der Waals surface area contributed by atoms with Crippen LogP contribution in [0.1, 0.15) is 104 Å². The first-order valence-electron chi connectivity index (χ1n) is 12.0. The van der Waals surface area contributed by atoms with Gasteiger partial charge in [0.05, 0.1) is 19.8 Å². The maximum absolute atomic E-state index is 12.3. The number of nitrogens with zero attached hydrogens (tertiary/aromatic N) is 1. The minimum absolute atomic E-state index is 0.0855. The lowest BCUT2D eigenvalue weighted by Gasteiger charge is -2.54. The Kier molecular flexibility index (Phi) is 13.4. The van der Waals surface area contributed by atoms with Crippen LogP contribution in [0.4, 0.5) is 0 Å². The summed E-state index contributed by atoms with van der Waals surface area (Å²) in [6.45, 7) is 6.27. The first kappa shape index (κ1) is 30.3. The molecule has 0 rings (SSSR count). The van der Waals surface area contributed by atoms with Crippen molar-refractivity contribution in [1.29, 1.82) is 0 Å². The van der Waals surface area contributed by atoms with Gasteiger partial charge < -0.3 is 15.3 Å². The van der Waals surface area contributed by atoms with Crippen molar-refractivity contribution in [3.63, 3.8) is 0 Å². The molecule has 0 fully saturated rings. The average molecular weight is 466 g/mol. The lowest BCUT2D eigenvalue weighted by atomic mass is 9.81. The summed E-state index contributed by atoms with van der Waals surface area (Å²) in [5, 5.41) is 10.0. The Labute approximate surface area is 191 Å². The molecule has 7 nitrogen and oxygen atoms in total. The molecular weight excluding hydrogens is 416 g/mol. The molecule has 0 aromatic heterocycles. The zero-order valence-corrected chi connectivity index (χ0v) is 21.5. The van der Waals surface area contributed by atoms with Crippen LogP contribution in [-0.4, -0.2) is 66.0 Å². The molecule has 2 unspecified atom stereocenters. The molecule has 0 heterocycles. The maximum Gasteiger partial charge on any atom is 0.365 e. The first-order chi connectivity index (χ1) is 14.3. The number of unbranched alkanes of at least 4 members (excludes halogenated alkanes) is 9. The van der Waals surface area contributed by atoms with E-state index in [1.54, 1.807) is 6.92 Å². The summed E-state index contributed by atoms with van der Waals surface area (Å²) in [5.74, 6) is -1.41. The molecule has 0 amide bonds. The Bertz CT molecular complexity index is 623. The Morgan fingerprint density at radius 3 is 1.71 bits per heavy atom. The SMILES string of the molecule is CCCCCCCCCCCCC(C)(CN)[N+](C)(C)C(C)(CCCS(=O)(=O)O)C(=O)O.